The second-order valence-corrected chi connectivity index (χ2v) is 6.56. The number of benzene rings is 2. The Labute approximate surface area is 163 Å². The Morgan fingerprint density at radius 1 is 1.18 bits per heavy atom. The first-order chi connectivity index (χ1) is 13.6. The lowest BCUT2D eigenvalue weighted by Crippen LogP contribution is -2.37. The molecule has 1 aliphatic rings. The third-order valence-corrected chi connectivity index (χ3v) is 4.59. The van der Waals surface area contributed by atoms with E-state index in [4.69, 9.17) is 9.47 Å². The molecule has 0 atom stereocenters. The molecule has 8 heteroatoms. The van der Waals surface area contributed by atoms with Crippen molar-refractivity contribution in [1.29, 1.82) is 0 Å². The Morgan fingerprint density at radius 3 is 2.68 bits per heavy atom. The van der Waals surface area contributed by atoms with E-state index in [1.165, 1.54) is 13.2 Å². The summed E-state index contributed by atoms with van der Waals surface area (Å²) in [7, 11) is 1.40. The van der Waals surface area contributed by atoms with Crippen LogP contribution in [-0.2, 0) is 6.54 Å². The third kappa shape index (κ3) is 4.91. The van der Waals surface area contributed by atoms with Gasteiger partial charge in [0.2, 0.25) is 0 Å². The Morgan fingerprint density at radius 2 is 1.96 bits per heavy atom. The molecule has 1 fully saturated rings. The smallest absolute Gasteiger partial charge is 0.415 e. The number of carbonyl (C=O) groups excluding carboxylic acids is 1. The van der Waals surface area contributed by atoms with Gasteiger partial charge in [0.05, 0.1) is 12.0 Å². The van der Waals surface area contributed by atoms with E-state index >= 15 is 0 Å². The average molecular weight is 385 g/mol. The van der Waals surface area contributed by atoms with Gasteiger partial charge >= 0.3 is 11.8 Å². The molecule has 148 valence electrons. The minimum Gasteiger partial charge on any atom is -0.490 e. The lowest BCUT2D eigenvalue weighted by atomic mass is 10.1. The summed E-state index contributed by atoms with van der Waals surface area (Å²) >= 11 is 0. The first-order valence-electron chi connectivity index (χ1n) is 9.19. The molecule has 2 aromatic rings. The molecule has 28 heavy (non-hydrogen) atoms. The van der Waals surface area contributed by atoms with Crippen LogP contribution in [0.4, 0.5) is 16.2 Å². The highest BCUT2D eigenvalue weighted by atomic mass is 16.6. The predicted molar refractivity (Wildman–Crippen MR) is 105 cm³/mol. The normalized spacial score (nSPS) is 13.7. The number of ether oxygens (including phenoxy) is 2. The molecule has 3 rings (SSSR count). The Hall–Kier alpha value is -3.29. The Kier molecular flexibility index (Phi) is 6.31. The zero-order valence-electron chi connectivity index (χ0n) is 15.7. The van der Waals surface area contributed by atoms with Crippen LogP contribution in [0, 0.1) is 10.1 Å². The van der Waals surface area contributed by atoms with E-state index in [1.54, 1.807) is 35.2 Å². The van der Waals surface area contributed by atoms with Gasteiger partial charge in [0, 0.05) is 37.5 Å². The van der Waals surface area contributed by atoms with Gasteiger partial charge in [0.1, 0.15) is 5.75 Å². The summed E-state index contributed by atoms with van der Waals surface area (Å²) in [6.45, 7) is 1.91. The lowest BCUT2D eigenvalue weighted by molar-refractivity contribution is -0.385. The van der Waals surface area contributed by atoms with Gasteiger partial charge in [-0.05, 0) is 43.0 Å². The highest BCUT2D eigenvalue weighted by Crippen LogP contribution is 2.28. The molecular weight excluding hydrogens is 362 g/mol. The number of hydrogen-bond donors (Lipinski definition) is 1. The molecule has 8 nitrogen and oxygen atoms in total. The highest BCUT2D eigenvalue weighted by molar-refractivity contribution is 5.71. The molecule has 1 amide bonds. The summed E-state index contributed by atoms with van der Waals surface area (Å²) in [5.41, 5.74) is 1.54. The van der Waals surface area contributed by atoms with Crippen LogP contribution in [0.5, 0.6) is 11.5 Å². The number of likely N-dealkylation sites (tertiary alicyclic amines) is 1. The van der Waals surface area contributed by atoms with Crippen molar-refractivity contribution in [3.05, 3.63) is 58.1 Å². The van der Waals surface area contributed by atoms with Crippen molar-refractivity contribution in [1.82, 2.24) is 4.90 Å². The van der Waals surface area contributed by atoms with Gasteiger partial charge in [0.25, 0.3) is 0 Å². The van der Waals surface area contributed by atoms with Crippen LogP contribution in [0.1, 0.15) is 24.8 Å². The summed E-state index contributed by atoms with van der Waals surface area (Å²) in [5.74, 6) is 0.690. The van der Waals surface area contributed by atoms with E-state index in [9.17, 15) is 14.9 Å². The van der Waals surface area contributed by atoms with Crippen molar-refractivity contribution in [3.8, 4) is 11.5 Å². The zero-order valence-corrected chi connectivity index (χ0v) is 15.7. The van der Waals surface area contributed by atoms with Gasteiger partial charge in [-0.15, -0.1) is 0 Å². The van der Waals surface area contributed by atoms with Gasteiger partial charge < -0.3 is 19.7 Å². The van der Waals surface area contributed by atoms with Crippen LogP contribution < -0.4 is 14.8 Å². The molecule has 0 saturated carbocycles. The maximum absolute atomic E-state index is 12.2. The number of nitrogens with one attached hydrogen (secondary N) is 1. The monoisotopic (exact) mass is 385 g/mol. The molecule has 1 heterocycles. The van der Waals surface area contributed by atoms with Crippen molar-refractivity contribution in [2.75, 3.05) is 25.5 Å². The molecule has 0 bridgehead atoms. The average Bonchev–Trinajstić information content (AvgIpc) is 2.72. The second kappa shape index (κ2) is 9.07. The molecular formula is C20H23N3O5. The molecule has 0 spiro atoms. The van der Waals surface area contributed by atoms with Gasteiger partial charge in [-0.2, -0.15) is 0 Å². The van der Waals surface area contributed by atoms with Crippen molar-refractivity contribution >= 4 is 17.5 Å². The first kappa shape index (κ1) is 19.5. The number of piperidine rings is 1. The van der Waals surface area contributed by atoms with Gasteiger partial charge in [-0.3, -0.25) is 10.1 Å². The number of nitrogens with zero attached hydrogens (tertiary/aromatic N) is 2. The van der Waals surface area contributed by atoms with E-state index in [0.717, 1.165) is 43.6 Å². The molecule has 2 aromatic carbocycles. The molecule has 1 N–H and O–H groups in total. The summed E-state index contributed by atoms with van der Waals surface area (Å²) < 4.78 is 10.6. The predicted octanol–water partition coefficient (Wildman–Crippen LogP) is 4.20. The van der Waals surface area contributed by atoms with Crippen molar-refractivity contribution in [2.45, 2.75) is 25.8 Å². The molecule has 0 aliphatic carbocycles. The van der Waals surface area contributed by atoms with Crippen molar-refractivity contribution in [3.63, 3.8) is 0 Å². The van der Waals surface area contributed by atoms with Gasteiger partial charge in [-0.1, -0.05) is 12.1 Å². The summed E-state index contributed by atoms with van der Waals surface area (Å²) in [6.07, 6.45) is 2.85. The highest BCUT2D eigenvalue weighted by Gasteiger charge is 2.18. The maximum atomic E-state index is 12.2. The summed E-state index contributed by atoms with van der Waals surface area (Å²) in [5, 5.41) is 14.2. The largest absolute Gasteiger partial charge is 0.490 e. The number of nitro groups is 1. The number of methoxy groups -OCH3 is 1. The van der Waals surface area contributed by atoms with Gasteiger partial charge in [0.15, 0.2) is 5.75 Å². The van der Waals surface area contributed by atoms with Crippen LogP contribution in [0.15, 0.2) is 42.5 Å². The number of anilines is 1. The second-order valence-electron chi connectivity index (χ2n) is 6.56. The fourth-order valence-electron chi connectivity index (χ4n) is 3.10. The zero-order chi connectivity index (χ0) is 19.9. The topological polar surface area (TPSA) is 93.9 Å². The number of hydrogen-bond acceptors (Lipinski definition) is 6. The van der Waals surface area contributed by atoms with Crippen molar-refractivity contribution in [2.24, 2.45) is 0 Å². The molecule has 0 aromatic heterocycles. The van der Waals surface area contributed by atoms with Crippen molar-refractivity contribution < 1.29 is 19.2 Å². The molecule has 1 saturated heterocycles. The SMILES string of the molecule is COc1cc(CNc2cccc(OC(=O)N3CCCCC3)c2)ccc1[N+](=O)[O-]. The third-order valence-electron chi connectivity index (χ3n) is 4.59. The number of carbonyl (C=O) groups is 1. The fourth-order valence-corrected chi connectivity index (χ4v) is 3.10. The first-order valence-corrected chi connectivity index (χ1v) is 9.19. The quantitative estimate of drug-likeness (QED) is 0.592. The molecule has 0 radical (unpaired) electrons. The summed E-state index contributed by atoms with van der Waals surface area (Å²) in [4.78, 5) is 24.5. The molecule has 1 aliphatic heterocycles. The standard InChI is InChI=1S/C20H23N3O5/c1-27-19-12-15(8-9-18(19)23(25)26)14-21-16-6-5-7-17(13-16)28-20(24)22-10-3-2-4-11-22/h5-9,12-13,21H,2-4,10-11,14H2,1H3. The Balaban J connectivity index is 1.61. The minimum atomic E-state index is -0.476. The molecule has 0 unspecified atom stereocenters. The van der Waals surface area contributed by atoms with E-state index < -0.39 is 4.92 Å². The van der Waals surface area contributed by atoms with E-state index in [2.05, 4.69) is 5.32 Å². The van der Waals surface area contributed by atoms with Crippen LogP contribution >= 0.6 is 0 Å². The van der Waals surface area contributed by atoms with Crippen LogP contribution in [-0.4, -0.2) is 36.1 Å². The van der Waals surface area contributed by atoms with E-state index in [1.807, 2.05) is 6.07 Å². The fraction of sp³-hybridized carbons (Fsp3) is 0.350. The van der Waals surface area contributed by atoms with Crippen LogP contribution in [0.2, 0.25) is 0 Å². The Bertz CT molecular complexity index is 849. The minimum absolute atomic E-state index is 0.0714. The summed E-state index contributed by atoms with van der Waals surface area (Å²) in [6, 6.07) is 11.9. The number of nitro benzene ring substituents is 1. The number of rotatable bonds is 6. The van der Waals surface area contributed by atoms with Gasteiger partial charge in [-0.25, -0.2) is 4.79 Å². The van der Waals surface area contributed by atoms with E-state index in [-0.39, 0.29) is 17.5 Å². The maximum Gasteiger partial charge on any atom is 0.415 e. The van der Waals surface area contributed by atoms with E-state index in [0.29, 0.717) is 12.3 Å². The van der Waals surface area contributed by atoms with Crippen LogP contribution in [0.25, 0.3) is 0 Å². The van der Waals surface area contributed by atoms with Crippen LogP contribution in [0.3, 0.4) is 0 Å². The lowest BCUT2D eigenvalue weighted by Gasteiger charge is -2.25. The number of amides is 1.